The molecule has 0 aromatic rings. The number of rotatable bonds is 5. The average Bonchev–Trinajstić information content (AvgIpc) is 2.51. The lowest BCUT2D eigenvalue weighted by molar-refractivity contribution is -0.171. The Morgan fingerprint density at radius 2 is 2.00 bits per heavy atom. The van der Waals surface area contributed by atoms with Crippen molar-refractivity contribution in [2.45, 2.75) is 79.8 Å². The number of carbonyl (C=O) groups is 2. The molecule has 0 spiro atoms. The van der Waals surface area contributed by atoms with Gasteiger partial charge in [-0.1, -0.05) is 38.0 Å². The molecule has 0 amide bonds. The van der Waals surface area contributed by atoms with Gasteiger partial charge >= 0.3 is 11.9 Å². The molecule has 0 radical (unpaired) electrons. The standard InChI is InChI=1S/C22H34O4/c1-14(13-20(24)25)12-19(26-17(4)23)22(6)16(3)10-11-21(5)15(2)8-7-9-18(21)22/h8,13,16,18-19H,7,9-12H2,1-6H3,(H,24,25). The monoisotopic (exact) mass is 362 g/mol. The zero-order valence-corrected chi connectivity index (χ0v) is 17.1. The largest absolute Gasteiger partial charge is 0.478 e. The number of esters is 1. The number of carboxylic acids is 1. The van der Waals surface area contributed by atoms with Crippen LogP contribution in [0.25, 0.3) is 0 Å². The number of allylic oxidation sites excluding steroid dienone is 2. The third kappa shape index (κ3) is 3.74. The van der Waals surface area contributed by atoms with Crippen LogP contribution in [0.15, 0.2) is 23.3 Å². The molecule has 2 aliphatic rings. The molecule has 1 N–H and O–H groups in total. The second-order valence-corrected chi connectivity index (χ2v) is 8.87. The highest BCUT2D eigenvalue weighted by molar-refractivity contribution is 5.80. The Morgan fingerprint density at radius 1 is 1.35 bits per heavy atom. The quantitative estimate of drug-likeness (QED) is 0.418. The van der Waals surface area contributed by atoms with Crippen LogP contribution >= 0.6 is 0 Å². The fraction of sp³-hybridized carbons (Fsp3) is 0.727. The van der Waals surface area contributed by atoms with E-state index in [1.165, 1.54) is 18.6 Å². The van der Waals surface area contributed by atoms with Crippen molar-refractivity contribution in [1.82, 2.24) is 0 Å². The van der Waals surface area contributed by atoms with E-state index in [1.54, 1.807) is 0 Å². The number of fused-ring (bicyclic) bond motifs is 1. The van der Waals surface area contributed by atoms with E-state index in [0.717, 1.165) is 31.3 Å². The van der Waals surface area contributed by atoms with Gasteiger partial charge in [-0.2, -0.15) is 0 Å². The van der Waals surface area contributed by atoms with Gasteiger partial charge in [0.25, 0.3) is 0 Å². The fourth-order valence-corrected chi connectivity index (χ4v) is 5.53. The zero-order valence-electron chi connectivity index (χ0n) is 17.1. The van der Waals surface area contributed by atoms with E-state index >= 15 is 0 Å². The van der Waals surface area contributed by atoms with Crippen molar-refractivity contribution in [3.05, 3.63) is 23.3 Å². The summed E-state index contributed by atoms with van der Waals surface area (Å²) in [7, 11) is 0. The molecule has 0 aliphatic heterocycles. The van der Waals surface area contributed by atoms with Crippen molar-refractivity contribution < 1.29 is 19.4 Å². The summed E-state index contributed by atoms with van der Waals surface area (Å²) in [6.07, 6.45) is 8.17. The molecule has 0 saturated heterocycles. The van der Waals surface area contributed by atoms with E-state index in [0.29, 0.717) is 18.3 Å². The van der Waals surface area contributed by atoms with E-state index in [2.05, 4.69) is 33.8 Å². The number of carboxylic acid groups (broad SMARTS) is 1. The van der Waals surface area contributed by atoms with E-state index in [1.807, 2.05) is 6.92 Å². The summed E-state index contributed by atoms with van der Waals surface area (Å²) in [6, 6.07) is 0. The van der Waals surface area contributed by atoms with Crippen LogP contribution < -0.4 is 0 Å². The van der Waals surface area contributed by atoms with E-state index in [9.17, 15) is 9.59 Å². The Kier molecular flexibility index (Phi) is 6.04. The van der Waals surface area contributed by atoms with Gasteiger partial charge in [0.2, 0.25) is 0 Å². The number of aliphatic carboxylic acids is 1. The van der Waals surface area contributed by atoms with Gasteiger partial charge in [-0.15, -0.1) is 0 Å². The van der Waals surface area contributed by atoms with Crippen LogP contribution in [-0.4, -0.2) is 23.1 Å². The molecule has 1 saturated carbocycles. The molecule has 4 nitrogen and oxygen atoms in total. The van der Waals surface area contributed by atoms with Crippen molar-refractivity contribution in [2.75, 3.05) is 0 Å². The molecule has 2 aliphatic carbocycles. The Hall–Kier alpha value is -1.58. The summed E-state index contributed by atoms with van der Waals surface area (Å²) in [5.41, 5.74) is 2.14. The minimum Gasteiger partial charge on any atom is -0.478 e. The van der Waals surface area contributed by atoms with E-state index in [-0.39, 0.29) is 22.9 Å². The molecule has 26 heavy (non-hydrogen) atoms. The summed E-state index contributed by atoms with van der Waals surface area (Å²) in [5.74, 6) is -0.409. The van der Waals surface area contributed by atoms with Crippen molar-refractivity contribution in [3.63, 3.8) is 0 Å². The van der Waals surface area contributed by atoms with Gasteiger partial charge in [-0.25, -0.2) is 4.79 Å². The highest BCUT2D eigenvalue weighted by Gasteiger charge is 2.57. The van der Waals surface area contributed by atoms with Crippen LogP contribution in [0.5, 0.6) is 0 Å². The maximum atomic E-state index is 11.9. The van der Waals surface area contributed by atoms with Gasteiger partial charge in [-0.05, 0) is 56.8 Å². The Labute approximate surface area is 157 Å². The number of hydrogen-bond acceptors (Lipinski definition) is 3. The smallest absolute Gasteiger partial charge is 0.328 e. The topological polar surface area (TPSA) is 63.6 Å². The first-order valence-corrected chi connectivity index (χ1v) is 9.76. The van der Waals surface area contributed by atoms with E-state index in [4.69, 9.17) is 9.84 Å². The molecule has 1 fully saturated rings. The molecular formula is C22H34O4. The second kappa shape index (κ2) is 7.58. The molecule has 5 unspecified atom stereocenters. The predicted octanol–water partition coefficient (Wildman–Crippen LogP) is 5.14. The first-order valence-electron chi connectivity index (χ1n) is 9.76. The van der Waals surface area contributed by atoms with Gasteiger partial charge in [0.1, 0.15) is 6.10 Å². The van der Waals surface area contributed by atoms with Crippen molar-refractivity contribution >= 4 is 11.9 Å². The first-order chi connectivity index (χ1) is 12.0. The number of hydrogen-bond donors (Lipinski definition) is 1. The van der Waals surface area contributed by atoms with E-state index < -0.39 is 5.97 Å². The Morgan fingerprint density at radius 3 is 2.58 bits per heavy atom. The first kappa shape index (κ1) is 20.7. The summed E-state index contributed by atoms with van der Waals surface area (Å²) in [4.78, 5) is 22.9. The minimum atomic E-state index is -0.952. The Bertz CT molecular complexity index is 632. The summed E-state index contributed by atoms with van der Waals surface area (Å²) in [6.45, 7) is 12.4. The summed E-state index contributed by atoms with van der Waals surface area (Å²) >= 11 is 0. The zero-order chi connectivity index (χ0) is 19.7. The van der Waals surface area contributed by atoms with Crippen LogP contribution in [0.1, 0.15) is 73.6 Å². The van der Waals surface area contributed by atoms with Gasteiger partial charge in [0.05, 0.1) is 0 Å². The minimum absolute atomic E-state index is 0.127. The maximum Gasteiger partial charge on any atom is 0.328 e. The molecule has 2 rings (SSSR count). The van der Waals surface area contributed by atoms with Crippen LogP contribution in [-0.2, 0) is 14.3 Å². The highest BCUT2D eigenvalue weighted by atomic mass is 16.5. The van der Waals surface area contributed by atoms with Crippen molar-refractivity contribution in [3.8, 4) is 0 Å². The summed E-state index contributed by atoms with van der Waals surface area (Å²) < 4.78 is 5.85. The SMILES string of the molecule is CC(=O)OC(CC(C)=CC(=O)O)C1(C)C(C)CCC2(C)C(C)=CCCC21. The fourth-order valence-electron chi connectivity index (χ4n) is 5.53. The lowest BCUT2D eigenvalue weighted by atomic mass is 9.46. The highest BCUT2D eigenvalue weighted by Crippen LogP contribution is 2.62. The maximum absolute atomic E-state index is 11.9. The molecule has 0 bridgehead atoms. The molecular weight excluding hydrogens is 328 g/mol. The predicted molar refractivity (Wildman–Crippen MR) is 103 cm³/mol. The number of ether oxygens (including phenoxy) is 1. The second-order valence-electron chi connectivity index (χ2n) is 8.87. The van der Waals surface area contributed by atoms with Gasteiger partial charge in [0, 0.05) is 24.8 Å². The van der Waals surface area contributed by atoms with Crippen LogP contribution in [0.3, 0.4) is 0 Å². The Balaban J connectivity index is 2.46. The summed E-state index contributed by atoms with van der Waals surface area (Å²) in [5, 5.41) is 9.08. The normalized spacial score (nSPS) is 35.9. The lowest BCUT2D eigenvalue weighted by Gasteiger charge is -2.59. The molecule has 4 heteroatoms. The average molecular weight is 363 g/mol. The molecule has 146 valence electrons. The third-order valence-corrected chi connectivity index (χ3v) is 7.36. The molecule has 5 atom stereocenters. The van der Waals surface area contributed by atoms with Crippen LogP contribution in [0.2, 0.25) is 0 Å². The van der Waals surface area contributed by atoms with Crippen molar-refractivity contribution in [1.29, 1.82) is 0 Å². The molecule has 0 aromatic heterocycles. The van der Waals surface area contributed by atoms with Gasteiger partial charge in [-0.3, -0.25) is 4.79 Å². The van der Waals surface area contributed by atoms with Crippen LogP contribution in [0.4, 0.5) is 0 Å². The third-order valence-electron chi connectivity index (χ3n) is 7.36. The molecule has 0 aromatic carbocycles. The van der Waals surface area contributed by atoms with Crippen molar-refractivity contribution in [2.24, 2.45) is 22.7 Å². The number of carbonyl (C=O) groups excluding carboxylic acids is 1. The lowest BCUT2D eigenvalue weighted by Crippen LogP contribution is -2.56. The molecule has 0 heterocycles. The van der Waals surface area contributed by atoms with Crippen LogP contribution in [0, 0.1) is 22.7 Å². The van der Waals surface area contributed by atoms with Gasteiger partial charge in [0.15, 0.2) is 0 Å². The van der Waals surface area contributed by atoms with Gasteiger partial charge < -0.3 is 9.84 Å².